The van der Waals surface area contributed by atoms with Crippen LogP contribution in [-0.4, -0.2) is 68.4 Å². The van der Waals surface area contributed by atoms with Crippen molar-refractivity contribution in [2.24, 2.45) is 11.1 Å². The van der Waals surface area contributed by atoms with E-state index in [0.717, 1.165) is 11.3 Å². The van der Waals surface area contributed by atoms with Crippen LogP contribution in [0.15, 0.2) is 34.8 Å². The number of nitrogens with one attached hydrogen (secondary N) is 1. The summed E-state index contributed by atoms with van der Waals surface area (Å²) in [6, 6.07) is 2.85. The van der Waals surface area contributed by atoms with E-state index < -0.39 is 62.3 Å². The van der Waals surface area contributed by atoms with Crippen LogP contribution in [0.5, 0.6) is 0 Å². The van der Waals surface area contributed by atoms with Crippen LogP contribution in [-0.2, 0) is 40.9 Å². The topological polar surface area (TPSA) is 237 Å². The first kappa shape index (κ1) is 34.0. The van der Waals surface area contributed by atoms with Gasteiger partial charge in [-0.2, -0.15) is 0 Å². The SMILES string of the molecule is CC(C)[C@H]1[C@@H](NC(=O)C(=NOC(C)(C)C(=O)OCc2ccc([N+](=O)[O-])cc2)c2csc(N)n2)C(=O)N1S(=O)(=O)[O-].[Na+]. The molecule has 1 fully saturated rings. The number of aromatic nitrogens is 1. The minimum absolute atomic E-state index is 0. The van der Waals surface area contributed by atoms with Crippen LogP contribution in [0.1, 0.15) is 39.0 Å². The number of β-lactam (4-membered cyclic amide) rings is 1. The average molecular weight is 621 g/mol. The molecule has 2 atom stereocenters. The summed E-state index contributed by atoms with van der Waals surface area (Å²) < 4.78 is 39.9. The number of nitrogens with zero attached hydrogens (tertiary/aromatic N) is 4. The third kappa shape index (κ3) is 7.98. The second kappa shape index (κ2) is 13.2. The summed E-state index contributed by atoms with van der Waals surface area (Å²) in [6.07, 6.45) is 0. The minimum atomic E-state index is -5.10. The van der Waals surface area contributed by atoms with Crippen LogP contribution in [0, 0.1) is 16.0 Å². The Morgan fingerprint density at radius 2 is 1.90 bits per heavy atom. The number of nitro groups is 1. The van der Waals surface area contributed by atoms with Crippen molar-refractivity contribution >= 4 is 56.0 Å². The van der Waals surface area contributed by atoms with Crippen molar-refractivity contribution in [2.45, 2.75) is 52.0 Å². The summed E-state index contributed by atoms with van der Waals surface area (Å²) in [5, 5.41) is 18.3. The molecule has 1 aliphatic heterocycles. The summed E-state index contributed by atoms with van der Waals surface area (Å²) in [4.78, 5) is 57.7. The number of anilines is 1. The molecule has 2 aromatic rings. The molecular formula is C22H25N6NaO10S2. The fraction of sp³-hybridized carbons (Fsp3) is 0.409. The standard InChI is InChI=1S/C22H26N6O10S2.Na/c1-11(2)17-16(19(30)27(17)40(34,35)36)25-18(29)15(14-10-39-21(23)24-14)26-38-22(3,4)20(31)37-9-12-5-7-13(8-6-12)28(32)33;/h5-8,10-11,16-17H,9H2,1-4H3,(H2,23,24)(H,25,29)(H,34,35,36);/q;+1/p-1/t16-,17+;/m1./s1. The van der Waals surface area contributed by atoms with Gasteiger partial charge in [0.15, 0.2) is 21.1 Å². The Kier molecular flexibility index (Phi) is 11.0. The molecule has 0 radical (unpaired) electrons. The fourth-order valence-electron chi connectivity index (χ4n) is 3.59. The number of nitrogens with two attached hydrogens (primary N) is 1. The zero-order valence-electron chi connectivity index (χ0n) is 22.6. The molecule has 1 aliphatic rings. The van der Waals surface area contributed by atoms with E-state index in [1.807, 2.05) is 0 Å². The number of thiazole rings is 1. The van der Waals surface area contributed by atoms with Gasteiger partial charge in [-0.05, 0) is 37.5 Å². The molecule has 3 N–H and O–H groups in total. The fourth-order valence-corrected chi connectivity index (χ4v) is 5.13. The molecule has 3 rings (SSSR count). The zero-order valence-corrected chi connectivity index (χ0v) is 26.2. The Morgan fingerprint density at radius 1 is 1.29 bits per heavy atom. The predicted molar refractivity (Wildman–Crippen MR) is 138 cm³/mol. The van der Waals surface area contributed by atoms with E-state index in [-0.39, 0.29) is 57.0 Å². The molecule has 0 spiro atoms. The van der Waals surface area contributed by atoms with Crippen molar-refractivity contribution in [3.8, 4) is 0 Å². The number of nitro benzene ring substituents is 1. The first-order valence-corrected chi connectivity index (χ1v) is 13.8. The number of oxime groups is 1. The second-order valence-electron chi connectivity index (χ2n) is 9.39. The third-order valence-corrected chi connectivity index (χ3v) is 7.24. The number of rotatable bonds is 11. The molecule has 16 nitrogen and oxygen atoms in total. The summed E-state index contributed by atoms with van der Waals surface area (Å²) in [5.41, 5.74) is 3.71. The Hall–Kier alpha value is -3.16. The Bertz CT molecular complexity index is 1460. The Labute approximate surface area is 260 Å². The summed E-state index contributed by atoms with van der Waals surface area (Å²) in [5.74, 6) is -3.53. The van der Waals surface area contributed by atoms with Crippen LogP contribution < -0.4 is 40.6 Å². The smallest absolute Gasteiger partial charge is 0.731 e. The number of nitrogen functional groups attached to an aromatic ring is 1. The Balaban J connectivity index is 0.00000588. The molecule has 2 amide bonds. The van der Waals surface area contributed by atoms with Gasteiger partial charge >= 0.3 is 35.5 Å². The first-order valence-electron chi connectivity index (χ1n) is 11.5. The number of non-ortho nitro benzene ring substituents is 1. The first-order chi connectivity index (χ1) is 18.5. The van der Waals surface area contributed by atoms with E-state index in [4.69, 9.17) is 15.3 Å². The van der Waals surface area contributed by atoms with E-state index >= 15 is 0 Å². The maximum absolute atomic E-state index is 13.1. The van der Waals surface area contributed by atoms with Gasteiger partial charge in [0.05, 0.1) is 11.0 Å². The zero-order chi connectivity index (χ0) is 30.0. The molecule has 19 heteroatoms. The van der Waals surface area contributed by atoms with Crippen molar-refractivity contribution in [3.05, 3.63) is 51.0 Å². The van der Waals surface area contributed by atoms with E-state index in [2.05, 4.69) is 15.5 Å². The van der Waals surface area contributed by atoms with Gasteiger partial charge in [-0.25, -0.2) is 22.5 Å². The van der Waals surface area contributed by atoms with E-state index in [1.54, 1.807) is 13.8 Å². The van der Waals surface area contributed by atoms with Gasteiger partial charge in [-0.1, -0.05) is 19.0 Å². The maximum atomic E-state index is 13.1. The van der Waals surface area contributed by atoms with Crippen LogP contribution in [0.2, 0.25) is 0 Å². The number of amides is 2. The summed E-state index contributed by atoms with van der Waals surface area (Å²) >= 11 is 0.967. The van der Waals surface area contributed by atoms with E-state index in [9.17, 15) is 37.5 Å². The third-order valence-electron chi connectivity index (χ3n) is 5.66. The normalized spacial score (nSPS) is 17.4. The second-order valence-corrected chi connectivity index (χ2v) is 11.5. The Morgan fingerprint density at radius 3 is 2.39 bits per heavy atom. The molecule has 2 heterocycles. The van der Waals surface area contributed by atoms with Crippen molar-refractivity contribution in [3.63, 3.8) is 0 Å². The van der Waals surface area contributed by atoms with E-state index in [1.165, 1.54) is 43.5 Å². The maximum Gasteiger partial charge on any atom is 1.00 e. The van der Waals surface area contributed by atoms with Crippen LogP contribution in [0.4, 0.5) is 10.8 Å². The molecule has 1 aromatic carbocycles. The number of hydrogen-bond donors (Lipinski definition) is 2. The quantitative estimate of drug-likeness (QED) is 0.0513. The number of hydrogen-bond acceptors (Lipinski definition) is 14. The molecule has 0 unspecified atom stereocenters. The van der Waals surface area contributed by atoms with Gasteiger partial charge in [0.25, 0.3) is 17.5 Å². The van der Waals surface area contributed by atoms with Crippen molar-refractivity contribution < 1.29 is 71.4 Å². The number of esters is 1. The van der Waals surface area contributed by atoms with Gasteiger partial charge in [0.1, 0.15) is 18.3 Å². The van der Waals surface area contributed by atoms with Gasteiger partial charge in [-0.15, -0.1) is 11.3 Å². The van der Waals surface area contributed by atoms with Gasteiger partial charge in [-0.3, -0.25) is 19.7 Å². The molecule has 216 valence electrons. The predicted octanol–water partition coefficient (Wildman–Crippen LogP) is -2.31. The number of carbonyl (C=O) groups is 3. The van der Waals surface area contributed by atoms with Gasteiger partial charge < -0.3 is 25.2 Å². The van der Waals surface area contributed by atoms with E-state index in [0.29, 0.717) is 5.56 Å². The number of benzene rings is 1. The van der Waals surface area contributed by atoms with Crippen molar-refractivity contribution in [1.82, 2.24) is 14.6 Å². The van der Waals surface area contributed by atoms with Gasteiger partial charge in [0, 0.05) is 17.5 Å². The monoisotopic (exact) mass is 620 g/mol. The summed E-state index contributed by atoms with van der Waals surface area (Å²) in [7, 11) is -5.10. The molecule has 1 aromatic heterocycles. The average Bonchev–Trinajstić information content (AvgIpc) is 3.28. The van der Waals surface area contributed by atoms with Crippen LogP contribution >= 0.6 is 11.3 Å². The number of ether oxygens (including phenoxy) is 1. The van der Waals surface area contributed by atoms with Crippen LogP contribution in [0.3, 0.4) is 0 Å². The molecule has 0 bridgehead atoms. The molecule has 0 saturated carbocycles. The summed E-state index contributed by atoms with van der Waals surface area (Å²) in [6.45, 7) is 5.52. The molecule has 41 heavy (non-hydrogen) atoms. The number of carbonyl (C=O) groups excluding carboxylic acids is 3. The van der Waals surface area contributed by atoms with Crippen LogP contribution in [0.25, 0.3) is 0 Å². The van der Waals surface area contributed by atoms with Gasteiger partial charge in [0.2, 0.25) is 5.60 Å². The largest absolute Gasteiger partial charge is 1.00 e. The molecular weight excluding hydrogens is 595 g/mol. The minimum Gasteiger partial charge on any atom is -0.731 e. The molecule has 1 saturated heterocycles. The van der Waals surface area contributed by atoms with Crippen molar-refractivity contribution in [1.29, 1.82) is 0 Å². The van der Waals surface area contributed by atoms with Crippen molar-refractivity contribution in [2.75, 3.05) is 5.73 Å². The molecule has 0 aliphatic carbocycles.